The zero-order valence-corrected chi connectivity index (χ0v) is 4.39. The van der Waals surface area contributed by atoms with Crippen LogP contribution < -0.4 is 0 Å². The maximum absolute atomic E-state index is 9.97. The highest BCUT2D eigenvalue weighted by molar-refractivity contribution is 5.85. The summed E-state index contributed by atoms with van der Waals surface area (Å²) in [6.07, 6.45) is -0.0718. The molecule has 0 spiro atoms. The molecule has 0 atom stereocenters. The number of rotatable bonds is 3. The number of carboxylic acid groups (broad SMARTS) is 1. The van der Waals surface area contributed by atoms with E-state index in [4.69, 9.17) is 5.11 Å². The van der Waals surface area contributed by atoms with Crippen LogP contribution in [0.15, 0.2) is 0 Å². The van der Waals surface area contributed by atoms with Gasteiger partial charge in [-0.05, 0) is 0 Å². The fraction of sp³-hybridized carbons (Fsp3) is 0.400. The summed E-state index contributed by atoms with van der Waals surface area (Å²) >= 11 is 0. The minimum absolute atomic E-state index is 0.0370. The molecule has 0 saturated heterocycles. The number of carbonyl (C=O) groups is 2. The van der Waals surface area contributed by atoms with E-state index in [-0.39, 0.29) is 18.6 Å². The Kier molecular flexibility index (Phi) is 2.69. The Morgan fingerprint density at radius 3 is 2.00 bits per heavy atom. The van der Waals surface area contributed by atoms with Crippen LogP contribution in [0.3, 0.4) is 0 Å². The first-order chi connectivity index (χ1) is 3.63. The summed E-state index contributed by atoms with van der Waals surface area (Å²) in [6.45, 7) is 3.01. The maximum Gasteiger partial charge on any atom is 0.304 e. The van der Waals surface area contributed by atoms with Crippen molar-refractivity contribution >= 4 is 11.8 Å². The van der Waals surface area contributed by atoms with E-state index in [1.807, 2.05) is 0 Å². The first kappa shape index (κ1) is 7.01. The van der Waals surface area contributed by atoms with Gasteiger partial charge in [0.05, 0.1) is 12.8 Å². The Morgan fingerprint density at radius 1 is 1.38 bits per heavy atom. The first-order valence-electron chi connectivity index (χ1n) is 2.19. The van der Waals surface area contributed by atoms with E-state index >= 15 is 0 Å². The van der Waals surface area contributed by atoms with Crippen LogP contribution >= 0.6 is 0 Å². The van der Waals surface area contributed by atoms with Gasteiger partial charge in [-0.3, -0.25) is 4.79 Å². The normalized spacial score (nSPS) is 8.50. The molecular formula is C5H7O3+. The SMILES string of the molecule is [CH2+]C(=O)CCC(=O)O. The highest BCUT2D eigenvalue weighted by Gasteiger charge is 2.03. The van der Waals surface area contributed by atoms with Gasteiger partial charge in [-0.15, -0.1) is 0 Å². The molecule has 0 aliphatic heterocycles. The summed E-state index contributed by atoms with van der Waals surface area (Å²) in [7, 11) is 0. The molecule has 0 aliphatic carbocycles. The fourth-order valence-electron chi connectivity index (χ4n) is 0.246. The van der Waals surface area contributed by atoms with Crippen molar-refractivity contribution in [1.29, 1.82) is 0 Å². The van der Waals surface area contributed by atoms with E-state index < -0.39 is 5.97 Å². The molecule has 0 amide bonds. The molecule has 0 radical (unpaired) electrons. The minimum Gasteiger partial charge on any atom is -0.481 e. The number of hydrogen-bond acceptors (Lipinski definition) is 2. The predicted octanol–water partition coefficient (Wildman–Crippen LogP) is 0.254. The summed E-state index contributed by atoms with van der Waals surface area (Å²) in [5, 5.41) is 7.98. The smallest absolute Gasteiger partial charge is 0.304 e. The number of carbonyl (C=O) groups excluding carboxylic acids is 1. The second-order valence-electron chi connectivity index (χ2n) is 1.43. The Balaban J connectivity index is 3.18. The lowest BCUT2D eigenvalue weighted by atomic mass is 10.2. The van der Waals surface area contributed by atoms with Crippen LogP contribution in [0.2, 0.25) is 0 Å². The zero-order valence-electron chi connectivity index (χ0n) is 4.39. The quantitative estimate of drug-likeness (QED) is 0.536. The number of carboxylic acids is 1. The number of hydrogen-bond donors (Lipinski definition) is 1. The molecule has 1 N–H and O–H groups in total. The van der Waals surface area contributed by atoms with Gasteiger partial charge in [0.1, 0.15) is 6.92 Å². The lowest BCUT2D eigenvalue weighted by molar-refractivity contribution is -0.138. The summed E-state index contributed by atoms with van der Waals surface area (Å²) in [4.78, 5) is 19.7. The molecular weight excluding hydrogens is 108 g/mol. The average molecular weight is 115 g/mol. The van der Waals surface area contributed by atoms with E-state index in [0.717, 1.165) is 0 Å². The van der Waals surface area contributed by atoms with Crippen molar-refractivity contribution < 1.29 is 14.7 Å². The standard InChI is InChI=1S/C5H6O3/c1-4(6)2-3-5(7)8/h1-3H2/p+1. The van der Waals surface area contributed by atoms with Crippen LogP contribution in [0.5, 0.6) is 0 Å². The Bertz CT molecular complexity index is 92.2. The van der Waals surface area contributed by atoms with Crippen LogP contribution in [-0.2, 0) is 9.59 Å². The summed E-state index contributed by atoms with van der Waals surface area (Å²) in [5.41, 5.74) is 0. The topological polar surface area (TPSA) is 54.4 Å². The van der Waals surface area contributed by atoms with Crippen molar-refractivity contribution in [1.82, 2.24) is 0 Å². The molecule has 0 bridgehead atoms. The molecule has 8 heavy (non-hydrogen) atoms. The second kappa shape index (κ2) is 3.07. The summed E-state index contributed by atoms with van der Waals surface area (Å²) < 4.78 is 0. The van der Waals surface area contributed by atoms with Crippen LogP contribution in [0.25, 0.3) is 0 Å². The first-order valence-corrected chi connectivity index (χ1v) is 2.19. The molecule has 3 nitrogen and oxygen atoms in total. The van der Waals surface area contributed by atoms with Crippen molar-refractivity contribution in [2.45, 2.75) is 12.8 Å². The summed E-state index contributed by atoms with van der Waals surface area (Å²) in [5.74, 6) is -1.28. The number of Topliss-reactive ketones (excluding diaryl/α,β-unsaturated/α-hetero) is 1. The van der Waals surface area contributed by atoms with E-state index in [1.165, 1.54) is 0 Å². The van der Waals surface area contributed by atoms with Crippen molar-refractivity contribution in [3.8, 4) is 0 Å². The Labute approximate surface area is 47.3 Å². The van der Waals surface area contributed by atoms with Crippen molar-refractivity contribution in [3.05, 3.63) is 6.92 Å². The van der Waals surface area contributed by atoms with Gasteiger partial charge in [0.25, 0.3) is 0 Å². The van der Waals surface area contributed by atoms with Gasteiger partial charge < -0.3 is 5.11 Å². The van der Waals surface area contributed by atoms with Crippen LogP contribution in [0.1, 0.15) is 12.8 Å². The zero-order chi connectivity index (χ0) is 6.57. The van der Waals surface area contributed by atoms with Crippen LogP contribution in [-0.4, -0.2) is 16.9 Å². The monoisotopic (exact) mass is 115 g/mol. The second-order valence-corrected chi connectivity index (χ2v) is 1.43. The van der Waals surface area contributed by atoms with Gasteiger partial charge in [-0.2, -0.15) is 0 Å². The van der Waals surface area contributed by atoms with E-state index in [9.17, 15) is 9.59 Å². The average Bonchev–Trinajstić information content (AvgIpc) is 1.61. The van der Waals surface area contributed by atoms with Crippen molar-refractivity contribution in [2.24, 2.45) is 0 Å². The van der Waals surface area contributed by atoms with Gasteiger partial charge in [0, 0.05) is 0 Å². The molecule has 0 aromatic rings. The molecule has 0 aromatic carbocycles. The fourth-order valence-corrected chi connectivity index (χ4v) is 0.246. The van der Waals surface area contributed by atoms with Gasteiger partial charge in [-0.25, -0.2) is 4.79 Å². The predicted molar refractivity (Wildman–Crippen MR) is 27.2 cm³/mol. The van der Waals surface area contributed by atoms with E-state index in [1.54, 1.807) is 0 Å². The molecule has 3 heteroatoms. The molecule has 0 saturated carbocycles. The lowest BCUT2D eigenvalue weighted by Gasteiger charge is -1.81. The van der Waals surface area contributed by atoms with E-state index in [0.29, 0.717) is 0 Å². The minimum atomic E-state index is -0.956. The summed E-state index contributed by atoms with van der Waals surface area (Å²) in [6, 6.07) is 0. The van der Waals surface area contributed by atoms with Gasteiger partial charge >= 0.3 is 11.8 Å². The molecule has 0 aromatic heterocycles. The van der Waals surface area contributed by atoms with Gasteiger partial charge in [0.15, 0.2) is 0 Å². The van der Waals surface area contributed by atoms with Crippen molar-refractivity contribution in [2.75, 3.05) is 0 Å². The van der Waals surface area contributed by atoms with Crippen LogP contribution in [0, 0.1) is 6.92 Å². The van der Waals surface area contributed by atoms with Crippen molar-refractivity contribution in [3.63, 3.8) is 0 Å². The number of aliphatic carboxylic acids is 1. The molecule has 44 valence electrons. The molecule has 0 rings (SSSR count). The Morgan fingerprint density at radius 2 is 1.88 bits per heavy atom. The van der Waals surface area contributed by atoms with Gasteiger partial charge in [0.2, 0.25) is 0 Å². The third-order valence-corrected chi connectivity index (χ3v) is 0.618. The Hall–Kier alpha value is -0.990. The highest BCUT2D eigenvalue weighted by Crippen LogP contribution is 1.87. The highest BCUT2D eigenvalue weighted by atomic mass is 16.4. The lowest BCUT2D eigenvalue weighted by Crippen LogP contribution is -1.98. The largest absolute Gasteiger partial charge is 0.481 e. The maximum atomic E-state index is 9.97. The molecule has 0 unspecified atom stereocenters. The van der Waals surface area contributed by atoms with Crippen LogP contribution in [0.4, 0.5) is 0 Å². The number of ketones is 1. The molecule has 0 aliphatic rings. The van der Waals surface area contributed by atoms with E-state index in [2.05, 4.69) is 6.92 Å². The molecule has 0 fully saturated rings. The third-order valence-electron chi connectivity index (χ3n) is 0.618. The molecule has 0 heterocycles. The van der Waals surface area contributed by atoms with Gasteiger partial charge in [-0.1, -0.05) is 0 Å². The third kappa shape index (κ3) is 5.01.